The van der Waals surface area contributed by atoms with Crippen LogP contribution in [0.1, 0.15) is 20.9 Å². The molecule has 4 nitrogen and oxygen atoms in total. The molecule has 0 aliphatic rings. The minimum atomic E-state index is -0.439. The minimum Gasteiger partial charge on any atom is -0.294 e. The summed E-state index contributed by atoms with van der Waals surface area (Å²) in [5.74, 6) is -0.547. The van der Waals surface area contributed by atoms with Gasteiger partial charge in [-0.3, -0.25) is 4.79 Å². The summed E-state index contributed by atoms with van der Waals surface area (Å²) >= 11 is 12.9. The van der Waals surface area contributed by atoms with Crippen LogP contribution in [-0.2, 0) is 13.0 Å². The fraction of sp³-hybridized carbons (Fsp3) is 0.118. The van der Waals surface area contributed by atoms with Crippen LogP contribution in [0.5, 0.6) is 0 Å². The van der Waals surface area contributed by atoms with E-state index in [1.807, 2.05) is 0 Å². The Hall–Kier alpha value is -2.02. The third-order valence-electron chi connectivity index (χ3n) is 3.44. The summed E-state index contributed by atoms with van der Waals surface area (Å²) in [6.07, 6.45) is -0.00567. The molecule has 0 spiro atoms. The van der Waals surface area contributed by atoms with Gasteiger partial charge in [0.1, 0.15) is 10.8 Å². The van der Waals surface area contributed by atoms with Gasteiger partial charge in [-0.25, -0.2) is 13.1 Å². The van der Waals surface area contributed by atoms with E-state index >= 15 is 0 Å². The lowest BCUT2D eigenvalue weighted by Gasteiger charge is -2.01. The van der Waals surface area contributed by atoms with Crippen molar-refractivity contribution < 1.29 is 9.18 Å². The van der Waals surface area contributed by atoms with E-state index in [4.69, 9.17) is 23.2 Å². The quantitative estimate of drug-likeness (QED) is 0.606. The number of benzene rings is 2. The van der Waals surface area contributed by atoms with Gasteiger partial charge >= 0.3 is 5.69 Å². The van der Waals surface area contributed by atoms with Gasteiger partial charge in [-0.2, -0.15) is 4.98 Å². The van der Waals surface area contributed by atoms with Gasteiger partial charge in [-0.1, -0.05) is 35.3 Å². The van der Waals surface area contributed by atoms with Crippen LogP contribution in [0.3, 0.4) is 0 Å². The molecule has 1 aromatic heterocycles. The van der Waals surface area contributed by atoms with Crippen LogP contribution in [0.4, 0.5) is 4.39 Å². The van der Waals surface area contributed by atoms with Gasteiger partial charge in [0.15, 0.2) is 5.78 Å². The highest BCUT2D eigenvalue weighted by Crippen LogP contribution is 2.23. The van der Waals surface area contributed by atoms with Gasteiger partial charge < -0.3 is 0 Å². The first-order valence-electron chi connectivity index (χ1n) is 7.22. The Morgan fingerprint density at radius 1 is 1.12 bits per heavy atom. The molecule has 25 heavy (non-hydrogen) atoms. The molecule has 3 aromatic rings. The van der Waals surface area contributed by atoms with Crippen molar-refractivity contribution >= 4 is 40.5 Å². The number of aromatic nitrogens is 2. The average molecular weight is 397 g/mol. The van der Waals surface area contributed by atoms with Crippen molar-refractivity contribution in [1.82, 2.24) is 8.94 Å². The molecule has 0 bridgehead atoms. The predicted octanol–water partition coefficient (Wildman–Crippen LogP) is 4.22. The van der Waals surface area contributed by atoms with Crippen molar-refractivity contribution in [3.8, 4) is 0 Å². The summed E-state index contributed by atoms with van der Waals surface area (Å²) in [6, 6.07) is 10.5. The monoisotopic (exact) mass is 396 g/mol. The van der Waals surface area contributed by atoms with Gasteiger partial charge in [0, 0.05) is 5.56 Å². The molecule has 0 aliphatic carbocycles. The third-order valence-corrected chi connectivity index (χ3v) is 5.13. The summed E-state index contributed by atoms with van der Waals surface area (Å²) in [4.78, 5) is 28.2. The number of carbonyl (C=O) groups is 1. The number of hydrogen-bond donors (Lipinski definition) is 0. The SMILES string of the molecule is O=C(Cc1nc(=O)n(Cc2ccc(F)cc2)s1)c1ccc(Cl)c(Cl)c1. The Morgan fingerprint density at radius 3 is 2.52 bits per heavy atom. The van der Waals surface area contributed by atoms with Crippen LogP contribution in [0.15, 0.2) is 47.3 Å². The van der Waals surface area contributed by atoms with Gasteiger partial charge in [0.25, 0.3) is 0 Å². The fourth-order valence-corrected chi connectivity index (χ4v) is 3.39. The normalized spacial score (nSPS) is 10.8. The summed E-state index contributed by atoms with van der Waals surface area (Å²) in [5, 5.41) is 1.07. The molecule has 0 unspecified atom stereocenters. The molecule has 0 saturated heterocycles. The number of carbonyl (C=O) groups excluding carboxylic acids is 1. The summed E-state index contributed by atoms with van der Waals surface area (Å²) in [7, 11) is 0. The molecule has 0 atom stereocenters. The predicted molar refractivity (Wildman–Crippen MR) is 96.4 cm³/mol. The lowest BCUT2D eigenvalue weighted by Crippen LogP contribution is -2.16. The highest BCUT2D eigenvalue weighted by atomic mass is 35.5. The summed E-state index contributed by atoms with van der Waals surface area (Å²) in [6.45, 7) is 0.276. The lowest BCUT2D eigenvalue weighted by atomic mass is 10.1. The van der Waals surface area contributed by atoms with E-state index in [2.05, 4.69) is 4.98 Å². The van der Waals surface area contributed by atoms with Crippen molar-refractivity contribution in [2.45, 2.75) is 13.0 Å². The molecule has 128 valence electrons. The first kappa shape index (κ1) is 17.8. The van der Waals surface area contributed by atoms with Crippen molar-refractivity contribution in [3.63, 3.8) is 0 Å². The molecular weight excluding hydrogens is 386 g/mol. The maximum atomic E-state index is 12.9. The molecule has 0 radical (unpaired) electrons. The molecule has 1 heterocycles. The second-order valence-electron chi connectivity index (χ2n) is 5.27. The molecule has 2 aromatic carbocycles. The maximum absolute atomic E-state index is 12.9. The standard InChI is InChI=1S/C17H11Cl2FN2O2S/c18-13-6-3-11(7-14(13)19)15(23)8-16-21-17(24)22(25-16)9-10-1-4-12(20)5-2-10/h1-7H,8-9H2. The van der Waals surface area contributed by atoms with Gasteiger partial charge in [-0.15, -0.1) is 0 Å². The molecule has 0 saturated carbocycles. The van der Waals surface area contributed by atoms with Crippen molar-refractivity contribution in [2.24, 2.45) is 0 Å². The van der Waals surface area contributed by atoms with Crippen LogP contribution in [0, 0.1) is 5.82 Å². The highest BCUT2D eigenvalue weighted by molar-refractivity contribution is 7.06. The average Bonchev–Trinajstić information content (AvgIpc) is 2.91. The molecule has 3 rings (SSSR count). The Kier molecular flexibility index (Phi) is 5.32. The van der Waals surface area contributed by atoms with Crippen LogP contribution in [0.2, 0.25) is 10.0 Å². The van der Waals surface area contributed by atoms with E-state index in [1.54, 1.807) is 24.3 Å². The van der Waals surface area contributed by atoms with E-state index in [-0.39, 0.29) is 24.6 Å². The third kappa shape index (κ3) is 4.34. The van der Waals surface area contributed by atoms with Crippen LogP contribution < -0.4 is 5.69 Å². The Balaban J connectivity index is 1.75. The van der Waals surface area contributed by atoms with E-state index in [9.17, 15) is 14.0 Å². The number of hydrogen-bond acceptors (Lipinski definition) is 4. The zero-order valence-electron chi connectivity index (χ0n) is 12.7. The Morgan fingerprint density at radius 2 is 1.84 bits per heavy atom. The van der Waals surface area contributed by atoms with Gasteiger partial charge in [0.2, 0.25) is 0 Å². The van der Waals surface area contributed by atoms with Gasteiger partial charge in [0.05, 0.1) is 23.0 Å². The Labute approximate surface area is 156 Å². The van der Waals surface area contributed by atoms with E-state index in [0.29, 0.717) is 20.6 Å². The first-order valence-corrected chi connectivity index (χ1v) is 8.75. The van der Waals surface area contributed by atoms with Crippen LogP contribution >= 0.6 is 34.7 Å². The lowest BCUT2D eigenvalue weighted by molar-refractivity contribution is 0.0993. The zero-order valence-corrected chi connectivity index (χ0v) is 15.0. The molecule has 0 N–H and O–H groups in total. The topological polar surface area (TPSA) is 52.0 Å². The maximum Gasteiger partial charge on any atom is 0.358 e. The fourth-order valence-electron chi connectivity index (χ4n) is 2.19. The first-order chi connectivity index (χ1) is 11.9. The van der Waals surface area contributed by atoms with Gasteiger partial charge in [-0.05, 0) is 47.4 Å². The van der Waals surface area contributed by atoms with E-state index in [1.165, 1.54) is 22.2 Å². The molecule has 0 fully saturated rings. The number of Topliss-reactive ketones (excluding diaryl/α,β-unsaturated/α-hetero) is 1. The summed E-state index contributed by atoms with van der Waals surface area (Å²) in [5.41, 5.74) is 0.739. The smallest absolute Gasteiger partial charge is 0.294 e. The van der Waals surface area contributed by atoms with E-state index in [0.717, 1.165) is 17.1 Å². The number of rotatable bonds is 5. The molecule has 0 aliphatic heterocycles. The molecule has 0 amide bonds. The summed E-state index contributed by atoms with van der Waals surface area (Å²) < 4.78 is 14.4. The number of halogens is 3. The second kappa shape index (κ2) is 7.47. The van der Waals surface area contributed by atoms with Crippen molar-refractivity contribution in [1.29, 1.82) is 0 Å². The zero-order chi connectivity index (χ0) is 18.0. The van der Waals surface area contributed by atoms with Crippen molar-refractivity contribution in [2.75, 3.05) is 0 Å². The number of nitrogens with zero attached hydrogens (tertiary/aromatic N) is 2. The molecule has 8 heteroatoms. The van der Waals surface area contributed by atoms with E-state index < -0.39 is 5.69 Å². The highest BCUT2D eigenvalue weighted by Gasteiger charge is 2.14. The minimum absolute atomic E-state index is 0.00567. The Bertz CT molecular complexity index is 983. The number of ketones is 1. The molecular formula is C17H11Cl2FN2O2S. The van der Waals surface area contributed by atoms with Crippen LogP contribution in [0.25, 0.3) is 0 Å². The largest absolute Gasteiger partial charge is 0.358 e. The second-order valence-corrected chi connectivity index (χ2v) is 7.18. The van der Waals surface area contributed by atoms with Crippen LogP contribution in [-0.4, -0.2) is 14.7 Å². The van der Waals surface area contributed by atoms with Crippen molar-refractivity contribution in [3.05, 3.63) is 84.9 Å².